The van der Waals surface area contributed by atoms with Gasteiger partial charge in [0.05, 0.1) is 60.1 Å². The van der Waals surface area contributed by atoms with E-state index in [0.717, 1.165) is 5.69 Å². The van der Waals surface area contributed by atoms with Gasteiger partial charge in [-0.2, -0.15) is 0 Å². The van der Waals surface area contributed by atoms with Crippen molar-refractivity contribution < 1.29 is 33.2 Å². The van der Waals surface area contributed by atoms with Crippen LogP contribution in [-0.4, -0.2) is 67.8 Å². The van der Waals surface area contributed by atoms with Crippen molar-refractivity contribution in [3.8, 4) is 28.7 Å². The van der Waals surface area contributed by atoms with Crippen LogP contribution >= 0.6 is 0 Å². The van der Waals surface area contributed by atoms with Crippen LogP contribution in [0, 0.1) is 0 Å². The van der Waals surface area contributed by atoms with Crippen molar-refractivity contribution in [2.75, 3.05) is 72.1 Å². The summed E-state index contributed by atoms with van der Waals surface area (Å²) in [7, 11) is 7.65. The van der Waals surface area contributed by atoms with Gasteiger partial charge < -0.3 is 38.6 Å². The molecule has 1 amide bonds. The first-order valence-electron chi connectivity index (χ1n) is 9.76. The molecule has 31 heavy (non-hydrogen) atoms. The summed E-state index contributed by atoms with van der Waals surface area (Å²) < 4.78 is 32.4. The Balaban J connectivity index is 2.00. The standard InChI is InChI=1S/C22H28N2O7/c1-26-17-12-15(16(13-18(17)27-2)24-6-8-31-9-7-24)23-22(25)14-10-19(28-3)21(30-5)20(11-14)29-4/h10-13H,6-9H2,1-5H3,(H,23,25). The van der Waals surface area contributed by atoms with Crippen molar-refractivity contribution in [3.05, 3.63) is 29.8 Å². The van der Waals surface area contributed by atoms with Crippen LogP contribution in [-0.2, 0) is 4.74 Å². The highest BCUT2D eigenvalue weighted by Crippen LogP contribution is 2.41. The first kappa shape index (κ1) is 22.4. The van der Waals surface area contributed by atoms with Gasteiger partial charge in [0.15, 0.2) is 23.0 Å². The molecule has 1 heterocycles. The topological polar surface area (TPSA) is 87.7 Å². The number of carbonyl (C=O) groups is 1. The number of hydrogen-bond donors (Lipinski definition) is 1. The summed E-state index contributed by atoms with van der Waals surface area (Å²) in [4.78, 5) is 15.3. The summed E-state index contributed by atoms with van der Waals surface area (Å²) >= 11 is 0. The molecule has 1 N–H and O–H groups in total. The molecule has 3 rings (SSSR count). The van der Waals surface area contributed by atoms with Crippen molar-refractivity contribution >= 4 is 17.3 Å². The Morgan fingerprint density at radius 3 is 1.87 bits per heavy atom. The van der Waals surface area contributed by atoms with Gasteiger partial charge in [-0.3, -0.25) is 4.79 Å². The molecular weight excluding hydrogens is 404 g/mol. The molecule has 9 heteroatoms. The van der Waals surface area contributed by atoms with Crippen LogP contribution in [0.25, 0.3) is 0 Å². The number of ether oxygens (including phenoxy) is 6. The second kappa shape index (κ2) is 10.1. The molecule has 0 aliphatic carbocycles. The van der Waals surface area contributed by atoms with Crippen LogP contribution in [0.2, 0.25) is 0 Å². The Hall–Kier alpha value is -3.33. The lowest BCUT2D eigenvalue weighted by Crippen LogP contribution is -2.36. The molecule has 0 atom stereocenters. The van der Waals surface area contributed by atoms with Crippen LogP contribution in [0.15, 0.2) is 24.3 Å². The number of methoxy groups -OCH3 is 5. The number of anilines is 2. The molecular formula is C22H28N2O7. The summed E-state index contributed by atoms with van der Waals surface area (Å²) in [6.45, 7) is 2.61. The SMILES string of the molecule is COc1cc(NC(=O)c2cc(OC)c(OC)c(OC)c2)c(N2CCOCC2)cc1OC. The predicted molar refractivity (Wildman–Crippen MR) is 117 cm³/mol. The number of hydrogen-bond acceptors (Lipinski definition) is 8. The Labute approximate surface area is 181 Å². The number of carbonyl (C=O) groups excluding carboxylic acids is 1. The normalized spacial score (nSPS) is 13.4. The number of nitrogens with one attached hydrogen (secondary N) is 1. The number of benzene rings is 2. The predicted octanol–water partition coefficient (Wildman–Crippen LogP) is 2.82. The lowest BCUT2D eigenvalue weighted by atomic mass is 10.1. The molecule has 0 saturated carbocycles. The molecule has 0 unspecified atom stereocenters. The Morgan fingerprint density at radius 1 is 0.806 bits per heavy atom. The van der Waals surface area contributed by atoms with E-state index < -0.39 is 0 Å². The maximum atomic E-state index is 13.2. The summed E-state index contributed by atoms with van der Waals surface area (Å²) in [6, 6.07) is 6.81. The highest BCUT2D eigenvalue weighted by molar-refractivity contribution is 6.07. The van der Waals surface area contributed by atoms with Gasteiger partial charge in [-0.15, -0.1) is 0 Å². The molecule has 0 radical (unpaired) electrons. The van der Waals surface area contributed by atoms with Gasteiger partial charge in [0, 0.05) is 30.8 Å². The molecule has 168 valence electrons. The lowest BCUT2D eigenvalue weighted by Gasteiger charge is -2.31. The van der Waals surface area contributed by atoms with Crippen LogP contribution < -0.4 is 33.9 Å². The maximum absolute atomic E-state index is 13.2. The quantitative estimate of drug-likeness (QED) is 0.681. The third-order valence-corrected chi connectivity index (χ3v) is 5.03. The number of morpholine rings is 1. The van der Waals surface area contributed by atoms with Crippen molar-refractivity contribution in [3.63, 3.8) is 0 Å². The Morgan fingerprint density at radius 2 is 1.35 bits per heavy atom. The van der Waals surface area contributed by atoms with E-state index >= 15 is 0 Å². The minimum atomic E-state index is -0.332. The van der Waals surface area contributed by atoms with E-state index in [2.05, 4.69) is 10.2 Å². The third-order valence-electron chi connectivity index (χ3n) is 5.03. The van der Waals surface area contributed by atoms with Crippen LogP contribution in [0.1, 0.15) is 10.4 Å². The van der Waals surface area contributed by atoms with E-state index in [4.69, 9.17) is 28.4 Å². The van der Waals surface area contributed by atoms with Crippen molar-refractivity contribution in [2.24, 2.45) is 0 Å². The lowest BCUT2D eigenvalue weighted by molar-refractivity contribution is 0.102. The van der Waals surface area contributed by atoms with Crippen LogP contribution in [0.4, 0.5) is 11.4 Å². The number of nitrogens with zero attached hydrogens (tertiary/aromatic N) is 1. The summed E-state index contributed by atoms with van der Waals surface area (Å²) in [6.07, 6.45) is 0. The van der Waals surface area contributed by atoms with Crippen molar-refractivity contribution in [2.45, 2.75) is 0 Å². The highest BCUT2D eigenvalue weighted by atomic mass is 16.5. The summed E-state index contributed by atoms with van der Waals surface area (Å²) in [5.41, 5.74) is 1.78. The van der Waals surface area contributed by atoms with Gasteiger partial charge in [0.1, 0.15) is 0 Å². The largest absolute Gasteiger partial charge is 0.493 e. The molecule has 0 bridgehead atoms. The third kappa shape index (κ3) is 4.72. The van der Waals surface area contributed by atoms with Gasteiger partial charge in [-0.05, 0) is 12.1 Å². The molecule has 1 aliphatic rings. The fraction of sp³-hybridized carbons (Fsp3) is 0.409. The zero-order valence-corrected chi connectivity index (χ0v) is 18.4. The fourth-order valence-corrected chi connectivity index (χ4v) is 3.44. The molecule has 1 fully saturated rings. The number of amides is 1. The second-order valence-electron chi connectivity index (χ2n) is 6.69. The van der Waals surface area contributed by atoms with E-state index in [1.54, 1.807) is 32.4 Å². The van der Waals surface area contributed by atoms with Gasteiger partial charge in [0.2, 0.25) is 5.75 Å². The van der Waals surface area contributed by atoms with E-state index in [1.165, 1.54) is 21.3 Å². The summed E-state index contributed by atoms with van der Waals surface area (Å²) in [5, 5.41) is 2.98. The van der Waals surface area contributed by atoms with Gasteiger partial charge >= 0.3 is 0 Å². The van der Waals surface area contributed by atoms with Crippen molar-refractivity contribution in [1.82, 2.24) is 0 Å². The molecule has 2 aromatic carbocycles. The Bertz CT molecular complexity index is 901. The van der Waals surface area contributed by atoms with Crippen LogP contribution in [0.3, 0.4) is 0 Å². The fourth-order valence-electron chi connectivity index (χ4n) is 3.44. The van der Waals surface area contributed by atoms with E-state index in [-0.39, 0.29) is 5.91 Å². The van der Waals surface area contributed by atoms with Gasteiger partial charge in [-0.1, -0.05) is 0 Å². The average molecular weight is 432 g/mol. The molecule has 0 spiro atoms. The first-order valence-corrected chi connectivity index (χ1v) is 9.76. The van der Waals surface area contributed by atoms with E-state index in [1.807, 2.05) is 6.07 Å². The van der Waals surface area contributed by atoms with E-state index in [0.29, 0.717) is 66.3 Å². The van der Waals surface area contributed by atoms with Gasteiger partial charge in [0.25, 0.3) is 5.91 Å². The minimum Gasteiger partial charge on any atom is -0.493 e. The smallest absolute Gasteiger partial charge is 0.256 e. The summed E-state index contributed by atoms with van der Waals surface area (Å²) in [5.74, 6) is 1.97. The van der Waals surface area contributed by atoms with E-state index in [9.17, 15) is 4.79 Å². The molecule has 2 aromatic rings. The monoisotopic (exact) mass is 432 g/mol. The van der Waals surface area contributed by atoms with Crippen LogP contribution in [0.5, 0.6) is 28.7 Å². The minimum absolute atomic E-state index is 0.332. The zero-order valence-electron chi connectivity index (χ0n) is 18.4. The number of rotatable bonds is 8. The molecule has 1 saturated heterocycles. The first-order chi connectivity index (χ1) is 15.1. The van der Waals surface area contributed by atoms with Gasteiger partial charge in [-0.25, -0.2) is 0 Å². The second-order valence-corrected chi connectivity index (χ2v) is 6.69. The zero-order chi connectivity index (χ0) is 22.4. The molecule has 0 aromatic heterocycles. The maximum Gasteiger partial charge on any atom is 0.256 e. The molecule has 9 nitrogen and oxygen atoms in total. The molecule has 1 aliphatic heterocycles. The Kier molecular flexibility index (Phi) is 7.30. The van der Waals surface area contributed by atoms with Crippen molar-refractivity contribution in [1.29, 1.82) is 0 Å². The average Bonchev–Trinajstić information content (AvgIpc) is 2.83. The highest BCUT2D eigenvalue weighted by Gasteiger charge is 2.22.